The molecule has 6 nitrogen and oxygen atoms in total. The molecule has 0 amide bonds. The molecular formula is C30H34N4O2. The third-order valence-electron chi connectivity index (χ3n) is 6.65. The smallest absolute Gasteiger partial charge is 0.195 e. The average Bonchev–Trinajstić information content (AvgIpc) is 3.41. The van der Waals surface area contributed by atoms with Crippen LogP contribution in [0.2, 0.25) is 0 Å². The molecule has 0 unspecified atom stereocenters. The number of ketones is 1. The summed E-state index contributed by atoms with van der Waals surface area (Å²) in [5.41, 5.74) is -1.02. The molecule has 0 bridgehead atoms. The van der Waals surface area contributed by atoms with Crippen LogP contribution in [0, 0.1) is 11.3 Å². The molecule has 3 aromatic rings. The highest BCUT2D eigenvalue weighted by Crippen LogP contribution is 2.46. The normalized spacial score (nSPS) is 36.8. The third kappa shape index (κ3) is 3.56. The van der Waals surface area contributed by atoms with Gasteiger partial charge in [0, 0.05) is 83.2 Å². The fourth-order valence-electron chi connectivity index (χ4n) is 4.85. The molecule has 2 fully saturated rings. The first kappa shape index (κ1) is 11.1. The second kappa shape index (κ2) is 8.76. The predicted molar refractivity (Wildman–Crippen MR) is 142 cm³/mol. The lowest BCUT2D eigenvalue weighted by Crippen LogP contribution is -2.49. The number of aromatic nitrogens is 1. The van der Waals surface area contributed by atoms with Crippen molar-refractivity contribution in [2.75, 3.05) is 44.1 Å². The number of benzene rings is 2. The molecule has 6 rings (SSSR count). The van der Waals surface area contributed by atoms with E-state index in [1.165, 1.54) is 24.3 Å². The van der Waals surface area contributed by atoms with Crippen molar-refractivity contribution >= 4 is 22.4 Å². The Bertz CT molecular complexity index is 2040. The fraction of sp³-hybridized carbons (Fsp3) is 0.467. The predicted octanol–water partition coefficient (Wildman–Crippen LogP) is 4.77. The van der Waals surface area contributed by atoms with E-state index < -0.39 is 94.2 Å². The number of nitrogens with one attached hydrogen (secondary N) is 1. The summed E-state index contributed by atoms with van der Waals surface area (Å²) in [6.45, 7) is -17.1. The topological polar surface area (TPSA) is 72.4 Å². The summed E-state index contributed by atoms with van der Waals surface area (Å²) >= 11 is 0. The zero-order chi connectivity index (χ0) is 39.9. The number of nitrogens with zero attached hydrogens (tertiary/aromatic N) is 3. The monoisotopic (exact) mass is 499 g/mol. The Kier molecular flexibility index (Phi) is 2.70. The van der Waals surface area contributed by atoms with Gasteiger partial charge in [0.05, 0.1) is 35.8 Å². The lowest BCUT2D eigenvalue weighted by molar-refractivity contribution is 0.0115. The number of H-pyrrole nitrogens is 1. The van der Waals surface area contributed by atoms with Crippen LogP contribution in [0.25, 0.3) is 10.9 Å². The molecular weight excluding hydrogens is 448 g/mol. The Morgan fingerprint density at radius 1 is 1.28 bits per heavy atom. The second-order valence-electron chi connectivity index (χ2n) is 8.75. The number of hydrogen-bond donors (Lipinski definition) is 1. The summed E-state index contributed by atoms with van der Waals surface area (Å²) in [7, 11) is 0. The number of carbonyl (C=O) groups excluding carboxylic acids is 1. The number of anilines is 1. The lowest BCUT2D eigenvalue weighted by atomic mass is 9.70. The summed E-state index contributed by atoms with van der Waals surface area (Å²) in [4.78, 5) is 18.0. The van der Waals surface area contributed by atoms with Crippen molar-refractivity contribution in [2.45, 2.75) is 51.3 Å². The van der Waals surface area contributed by atoms with Crippen LogP contribution in [0.4, 0.5) is 5.69 Å². The van der Waals surface area contributed by atoms with Crippen LogP contribution in [0.3, 0.4) is 0 Å². The maximum Gasteiger partial charge on any atom is 0.195 e. The summed E-state index contributed by atoms with van der Waals surface area (Å²) in [5.74, 6) is -0.588. The number of aromatic amines is 1. The number of aryl methyl sites for hydroxylation is 1. The number of morpholine rings is 1. The van der Waals surface area contributed by atoms with Gasteiger partial charge in [0.25, 0.3) is 0 Å². The van der Waals surface area contributed by atoms with Gasteiger partial charge < -0.3 is 14.6 Å². The largest absolute Gasteiger partial charge is 0.379 e. The molecule has 3 heterocycles. The molecule has 1 N–H and O–H groups in total. The molecule has 1 aromatic heterocycles. The van der Waals surface area contributed by atoms with Crippen LogP contribution in [0.15, 0.2) is 30.3 Å². The first-order chi connectivity index (χ1) is 24.0. The number of hydrogen-bond acceptors (Lipinski definition) is 5. The highest BCUT2D eigenvalue weighted by atomic mass is 16.5. The molecule has 2 aromatic carbocycles. The van der Waals surface area contributed by atoms with Crippen LogP contribution < -0.4 is 4.90 Å². The van der Waals surface area contributed by atoms with Crippen molar-refractivity contribution < 1.29 is 32.8 Å². The molecule has 2 aliphatic heterocycles. The molecule has 0 saturated carbocycles. The van der Waals surface area contributed by atoms with Crippen molar-refractivity contribution in [3.63, 3.8) is 0 Å². The molecule has 36 heavy (non-hydrogen) atoms. The Morgan fingerprint density at radius 2 is 2.06 bits per heavy atom. The van der Waals surface area contributed by atoms with Gasteiger partial charge in [-0.3, -0.25) is 9.69 Å². The molecule has 3 aliphatic rings. The molecule has 0 atom stereocenters. The van der Waals surface area contributed by atoms with Crippen LogP contribution in [-0.4, -0.2) is 60.9 Å². The Labute approximate surface area is 236 Å². The van der Waals surface area contributed by atoms with Gasteiger partial charge in [-0.2, -0.15) is 5.26 Å². The maximum atomic E-state index is 14.3. The second-order valence-corrected chi connectivity index (χ2v) is 8.75. The minimum absolute atomic E-state index is 0.0659. The highest BCUT2D eigenvalue weighted by Gasteiger charge is 2.40. The fourth-order valence-corrected chi connectivity index (χ4v) is 4.85. The molecule has 1 aliphatic carbocycles. The standard InChI is InChI=1S/C30H34N4O2/c1-4-20-16-23-24(17-26(20)34-9-7-21(8-10-34)33-11-13-36-14-12-33)30(2,3)29-27(28(23)35)22-6-5-19(18-31)15-25(22)32-29/h5-6,15-17,21,32H,4,7-14H2,1-3H3/i2D,3D,4D2,7D2,8D2,11D2,12D2,13D2,14D2,21D. The lowest BCUT2D eigenvalue weighted by Gasteiger charge is -2.42. The van der Waals surface area contributed by atoms with Gasteiger partial charge in [0.1, 0.15) is 0 Å². The highest BCUT2D eigenvalue weighted by molar-refractivity contribution is 6.20. The number of carbonyl (C=O) groups is 1. The van der Waals surface area contributed by atoms with E-state index in [2.05, 4.69) is 9.72 Å². The minimum Gasteiger partial charge on any atom is -0.379 e. The first-order valence-corrected chi connectivity index (χ1v) is 11.2. The Morgan fingerprint density at radius 3 is 2.75 bits per heavy atom. The van der Waals surface area contributed by atoms with Crippen molar-refractivity contribution in [1.82, 2.24) is 9.88 Å². The summed E-state index contributed by atoms with van der Waals surface area (Å²) < 4.78 is 151. The zero-order valence-electron chi connectivity index (χ0n) is 36.4. The van der Waals surface area contributed by atoms with Gasteiger partial charge in [-0.1, -0.05) is 26.8 Å². The third-order valence-corrected chi connectivity index (χ3v) is 6.65. The van der Waals surface area contributed by atoms with Crippen molar-refractivity contribution in [3.05, 3.63) is 63.8 Å². The van der Waals surface area contributed by atoms with E-state index in [9.17, 15) is 11.4 Å². The SMILES string of the molecule is [2H]CC1(C[2H])c2cc(N3CC([2H])([2H])C([2H])(N4C([2H])([2H])C([2H])([2H])OC([2H])([2H])C4([2H])[2H])C([2H])([2H])C3)c(C([2H])([2H])C)cc2C(=O)c2c1[nH]c1cc(C#N)ccc21. The van der Waals surface area contributed by atoms with Crippen LogP contribution in [0.5, 0.6) is 0 Å². The first-order valence-electron chi connectivity index (χ1n) is 20.1. The van der Waals surface area contributed by atoms with Gasteiger partial charge in [-0.05, 0) is 54.5 Å². The molecule has 2 saturated heterocycles. The van der Waals surface area contributed by atoms with E-state index >= 15 is 0 Å². The molecule has 186 valence electrons. The summed E-state index contributed by atoms with van der Waals surface area (Å²) in [6, 6.07) is 5.36. The van der Waals surface area contributed by atoms with Gasteiger partial charge in [-0.15, -0.1) is 0 Å². The Hall–Kier alpha value is -3.14. The average molecular weight is 500 g/mol. The number of nitriles is 1. The van der Waals surface area contributed by atoms with Gasteiger partial charge >= 0.3 is 0 Å². The van der Waals surface area contributed by atoms with Crippen LogP contribution in [0.1, 0.15) is 95.1 Å². The van der Waals surface area contributed by atoms with E-state index in [0.29, 0.717) is 10.9 Å². The number of fused-ring (bicyclic) bond motifs is 4. The summed E-state index contributed by atoms with van der Waals surface area (Å²) in [5, 5.41) is 9.86. The minimum atomic E-state index is -3.82. The Balaban J connectivity index is 1.57. The zero-order valence-corrected chi connectivity index (χ0v) is 19.4. The number of piperidine rings is 1. The van der Waals surface area contributed by atoms with Gasteiger partial charge in [0.2, 0.25) is 0 Å². The number of ether oxygens (including phenoxy) is 1. The van der Waals surface area contributed by atoms with Gasteiger partial charge in [-0.25, -0.2) is 0 Å². The van der Waals surface area contributed by atoms with E-state index in [1.807, 2.05) is 6.07 Å². The maximum absolute atomic E-state index is 14.3. The van der Waals surface area contributed by atoms with Crippen molar-refractivity contribution in [1.29, 1.82) is 5.26 Å². The van der Waals surface area contributed by atoms with Gasteiger partial charge in [0.15, 0.2) is 5.78 Å². The van der Waals surface area contributed by atoms with E-state index in [0.717, 1.165) is 11.8 Å². The van der Waals surface area contributed by atoms with Crippen LogP contribution in [-0.2, 0) is 16.5 Å². The van der Waals surface area contributed by atoms with Crippen LogP contribution >= 0.6 is 0 Å². The molecule has 6 heteroatoms. The van der Waals surface area contributed by atoms with E-state index in [-0.39, 0.29) is 39.2 Å². The van der Waals surface area contributed by atoms with Crippen molar-refractivity contribution in [3.8, 4) is 6.07 Å². The molecule has 0 spiro atoms. The number of rotatable bonds is 3. The van der Waals surface area contributed by atoms with E-state index in [1.54, 1.807) is 6.07 Å². The quantitative estimate of drug-likeness (QED) is 0.562. The summed E-state index contributed by atoms with van der Waals surface area (Å²) in [6.07, 6.45) is -9.07. The van der Waals surface area contributed by atoms with Crippen molar-refractivity contribution in [2.24, 2.45) is 0 Å². The molecule has 0 radical (unpaired) electrons. The van der Waals surface area contributed by atoms with E-state index in [4.69, 9.17) is 21.9 Å².